The molecule has 0 unspecified atom stereocenters. The van der Waals surface area contributed by atoms with Gasteiger partial charge in [-0.05, 0) is 55.0 Å². The van der Waals surface area contributed by atoms with Gasteiger partial charge >= 0.3 is 5.69 Å². The van der Waals surface area contributed by atoms with Crippen molar-refractivity contribution in [1.29, 1.82) is 0 Å². The molecule has 1 heterocycles. The van der Waals surface area contributed by atoms with Crippen LogP contribution in [0.2, 0.25) is 0 Å². The Balaban J connectivity index is 2.14. The summed E-state index contributed by atoms with van der Waals surface area (Å²) in [5.41, 5.74) is -0.200. The lowest BCUT2D eigenvalue weighted by Crippen LogP contribution is -2.31. The molecule has 0 aliphatic rings. The number of aryl methyl sites for hydroxylation is 1. The third kappa shape index (κ3) is 3.50. The molecule has 132 valence electrons. The second-order valence-corrected chi connectivity index (χ2v) is 6.41. The molecule has 0 atom stereocenters. The van der Waals surface area contributed by atoms with Gasteiger partial charge in [0.2, 0.25) is 5.88 Å². The molecule has 1 aromatic heterocycles. The zero-order chi connectivity index (χ0) is 18.8. The fourth-order valence-corrected chi connectivity index (χ4v) is 2.89. The summed E-state index contributed by atoms with van der Waals surface area (Å²) in [4.78, 5) is 30.5. The number of hydrogen-bond donors (Lipinski definition) is 2. The van der Waals surface area contributed by atoms with E-state index in [4.69, 9.17) is 0 Å². The summed E-state index contributed by atoms with van der Waals surface area (Å²) in [6.45, 7) is 1.77. The molecule has 2 N–H and O–H groups in total. The van der Waals surface area contributed by atoms with Gasteiger partial charge in [0.05, 0.1) is 11.4 Å². The van der Waals surface area contributed by atoms with E-state index < -0.39 is 22.9 Å². The van der Waals surface area contributed by atoms with Gasteiger partial charge in [-0.3, -0.25) is 14.8 Å². The lowest BCUT2D eigenvalue weighted by molar-refractivity contribution is 0.430. The Bertz CT molecular complexity index is 1120. The minimum Gasteiger partial charge on any atom is -0.493 e. The molecular formula is C18H13BrFN3O3. The zero-order valence-electron chi connectivity index (χ0n) is 13.5. The van der Waals surface area contributed by atoms with Gasteiger partial charge in [-0.15, -0.1) is 0 Å². The predicted molar refractivity (Wildman–Crippen MR) is 100 cm³/mol. The highest BCUT2D eigenvalue weighted by molar-refractivity contribution is 9.10. The Morgan fingerprint density at radius 1 is 1.19 bits per heavy atom. The lowest BCUT2D eigenvalue weighted by atomic mass is 10.2. The molecule has 0 saturated carbocycles. The highest BCUT2D eigenvalue weighted by Crippen LogP contribution is 2.22. The topological polar surface area (TPSA) is 87.4 Å². The van der Waals surface area contributed by atoms with Crippen LogP contribution in [0.3, 0.4) is 0 Å². The maximum Gasteiger partial charge on any atom is 0.335 e. The highest BCUT2D eigenvalue weighted by atomic mass is 79.9. The van der Waals surface area contributed by atoms with E-state index in [0.29, 0.717) is 16.9 Å². The first kappa shape index (κ1) is 17.8. The maximum absolute atomic E-state index is 12.9. The number of H-pyrrole nitrogens is 1. The van der Waals surface area contributed by atoms with Crippen LogP contribution in [0.4, 0.5) is 10.1 Å². The molecule has 0 amide bonds. The number of aromatic hydroxyl groups is 1. The van der Waals surface area contributed by atoms with Crippen molar-refractivity contribution < 1.29 is 9.50 Å². The van der Waals surface area contributed by atoms with Crippen LogP contribution >= 0.6 is 15.9 Å². The molecule has 3 aromatic rings. The average Bonchev–Trinajstić information content (AvgIpc) is 2.58. The summed E-state index contributed by atoms with van der Waals surface area (Å²) in [7, 11) is 0. The summed E-state index contributed by atoms with van der Waals surface area (Å²) in [5, 5.41) is 10.5. The Labute approximate surface area is 155 Å². The number of aromatic nitrogens is 2. The van der Waals surface area contributed by atoms with Gasteiger partial charge in [0, 0.05) is 10.7 Å². The Morgan fingerprint density at radius 3 is 2.54 bits per heavy atom. The second-order valence-electron chi connectivity index (χ2n) is 5.50. The summed E-state index contributed by atoms with van der Waals surface area (Å²) in [6.07, 6.45) is 1.13. The zero-order valence-corrected chi connectivity index (χ0v) is 15.1. The van der Waals surface area contributed by atoms with Crippen LogP contribution in [0.15, 0.2) is 61.5 Å². The standard InChI is InChI=1S/C18H13BrFN3O3/c1-10-8-11(19)2-7-15(10)23-17(25)14(16(24)22-18(23)26)9-21-13-5-3-12(20)4-6-13/h2-9,25H,1H3,(H,22,24,26). The number of nitrogens with zero attached hydrogens (tertiary/aromatic N) is 2. The predicted octanol–water partition coefficient (Wildman–Crippen LogP) is 3.19. The van der Waals surface area contributed by atoms with Gasteiger partial charge in [-0.1, -0.05) is 15.9 Å². The molecule has 3 rings (SSSR count). The van der Waals surface area contributed by atoms with Crippen LogP contribution in [0, 0.1) is 12.7 Å². The fourth-order valence-electron chi connectivity index (χ4n) is 2.41. The van der Waals surface area contributed by atoms with E-state index in [2.05, 4.69) is 25.9 Å². The minimum absolute atomic E-state index is 0.184. The number of hydrogen-bond acceptors (Lipinski definition) is 4. The van der Waals surface area contributed by atoms with E-state index >= 15 is 0 Å². The molecule has 0 fully saturated rings. The first-order valence-corrected chi connectivity index (χ1v) is 8.30. The Morgan fingerprint density at radius 2 is 1.88 bits per heavy atom. The SMILES string of the molecule is Cc1cc(Br)ccc1-n1c(O)c(C=Nc2ccc(F)cc2)c(=O)[nH]c1=O. The summed E-state index contributed by atoms with van der Waals surface area (Å²) >= 11 is 3.33. The van der Waals surface area contributed by atoms with Crippen LogP contribution < -0.4 is 11.2 Å². The maximum atomic E-state index is 12.9. The van der Waals surface area contributed by atoms with Gasteiger partial charge in [0.25, 0.3) is 5.56 Å². The van der Waals surface area contributed by atoms with Crippen LogP contribution in [0.5, 0.6) is 5.88 Å². The monoisotopic (exact) mass is 417 g/mol. The number of benzene rings is 2. The fraction of sp³-hybridized carbons (Fsp3) is 0.0556. The van der Waals surface area contributed by atoms with Crippen LogP contribution in [0.25, 0.3) is 5.69 Å². The van der Waals surface area contributed by atoms with Crippen molar-refractivity contribution in [1.82, 2.24) is 9.55 Å². The van der Waals surface area contributed by atoms with Crippen molar-refractivity contribution >= 4 is 27.8 Å². The molecule has 0 aliphatic carbocycles. The molecule has 0 spiro atoms. The van der Waals surface area contributed by atoms with Crippen molar-refractivity contribution in [2.24, 2.45) is 4.99 Å². The van der Waals surface area contributed by atoms with E-state index in [1.165, 1.54) is 24.3 Å². The van der Waals surface area contributed by atoms with E-state index in [-0.39, 0.29) is 5.56 Å². The molecule has 0 radical (unpaired) electrons. The summed E-state index contributed by atoms with van der Waals surface area (Å²) < 4.78 is 14.8. The number of halogens is 2. The quantitative estimate of drug-likeness (QED) is 0.641. The molecule has 0 aliphatic heterocycles. The molecule has 0 saturated heterocycles. The van der Waals surface area contributed by atoms with E-state index in [0.717, 1.165) is 15.3 Å². The number of nitrogens with one attached hydrogen (secondary N) is 1. The van der Waals surface area contributed by atoms with Crippen molar-refractivity contribution in [3.8, 4) is 11.6 Å². The molecule has 6 nitrogen and oxygen atoms in total. The average molecular weight is 418 g/mol. The number of aliphatic imine (C=N–C) groups is 1. The van der Waals surface area contributed by atoms with Gasteiger partial charge in [-0.2, -0.15) is 0 Å². The number of aromatic amines is 1. The summed E-state index contributed by atoms with van der Waals surface area (Å²) in [6, 6.07) is 10.4. The van der Waals surface area contributed by atoms with E-state index in [1.54, 1.807) is 25.1 Å². The Kier molecular flexibility index (Phi) is 4.85. The third-order valence-corrected chi connectivity index (χ3v) is 4.18. The third-order valence-electron chi connectivity index (χ3n) is 3.69. The van der Waals surface area contributed by atoms with Gasteiger partial charge in [0.15, 0.2) is 0 Å². The Hall–Kier alpha value is -3.00. The largest absolute Gasteiger partial charge is 0.493 e. The van der Waals surface area contributed by atoms with E-state index in [9.17, 15) is 19.1 Å². The molecule has 0 bridgehead atoms. The van der Waals surface area contributed by atoms with Crippen molar-refractivity contribution in [2.75, 3.05) is 0 Å². The van der Waals surface area contributed by atoms with Crippen LogP contribution in [-0.4, -0.2) is 20.9 Å². The minimum atomic E-state index is -0.774. The molecular weight excluding hydrogens is 405 g/mol. The first-order chi connectivity index (χ1) is 12.4. The van der Waals surface area contributed by atoms with Gasteiger partial charge < -0.3 is 5.11 Å². The lowest BCUT2D eigenvalue weighted by Gasteiger charge is -2.12. The van der Waals surface area contributed by atoms with E-state index in [1.807, 2.05) is 0 Å². The molecule has 8 heteroatoms. The molecule has 2 aromatic carbocycles. The smallest absolute Gasteiger partial charge is 0.335 e. The second kappa shape index (κ2) is 7.09. The first-order valence-electron chi connectivity index (χ1n) is 7.51. The van der Waals surface area contributed by atoms with Crippen molar-refractivity contribution in [3.63, 3.8) is 0 Å². The van der Waals surface area contributed by atoms with Crippen LogP contribution in [-0.2, 0) is 0 Å². The highest BCUT2D eigenvalue weighted by Gasteiger charge is 2.15. The molecule has 26 heavy (non-hydrogen) atoms. The van der Waals surface area contributed by atoms with Crippen molar-refractivity contribution in [2.45, 2.75) is 6.92 Å². The number of rotatable bonds is 3. The normalized spacial score (nSPS) is 11.2. The van der Waals surface area contributed by atoms with Crippen LogP contribution in [0.1, 0.15) is 11.1 Å². The van der Waals surface area contributed by atoms with Crippen molar-refractivity contribution in [3.05, 3.63) is 84.7 Å². The van der Waals surface area contributed by atoms with Gasteiger partial charge in [-0.25, -0.2) is 13.8 Å². The summed E-state index contributed by atoms with van der Waals surface area (Å²) in [5.74, 6) is -0.945. The van der Waals surface area contributed by atoms with Gasteiger partial charge in [0.1, 0.15) is 11.4 Å².